The van der Waals surface area contributed by atoms with Crippen LogP contribution in [0.25, 0.3) is 0 Å². The standard InChI is InChI=1S/C11H14O2.C2H4/c1-11(2,3)13-10(12)9-7-5-4-6-8-9;1-2/h4-8H,1-3H3;1-2H2. The molecule has 1 rings (SSSR count). The summed E-state index contributed by atoms with van der Waals surface area (Å²) in [5.41, 5.74) is 0.171. The molecule has 0 saturated heterocycles. The Morgan fingerprint density at radius 1 is 1.13 bits per heavy atom. The molecule has 0 aliphatic heterocycles. The SMILES string of the molecule is C=C.CC(C)(C)OC(=O)c1ccccc1. The van der Waals surface area contributed by atoms with Crippen LogP contribution in [-0.2, 0) is 4.74 Å². The van der Waals surface area contributed by atoms with Gasteiger partial charge in [-0.1, -0.05) is 18.2 Å². The Bertz CT molecular complexity index is 296. The first-order chi connectivity index (χ1) is 6.99. The van der Waals surface area contributed by atoms with Crippen molar-refractivity contribution in [2.24, 2.45) is 0 Å². The molecule has 0 fully saturated rings. The molecule has 0 radical (unpaired) electrons. The molecular weight excluding hydrogens is 188 g/mol. The lowest BCUT2D eigenvalue weighted by Gasteiger charge is -2.19. The van der Waals surface area contributed by atoms with E-state index in [2.05, 4.69) is 13.2 Å². The van der Waals surface area contributed by atoms with E-state index in [9.17, 15) is 4.79 Å². The van der Waals surface area contributed by atoms with Crippen LogP contribution in [-0.4, -0.2) is 11.6 Å². The highest BCUT2D eigenvalue weighted by atomic mass is 16.6. The van der Waals surface area contributed by atoms with Crippen molar-refractivity contribution in [3.63, 3.8) is 0 Å². The maximum atomic E-state index is 11.4. The summed E-state index contributed by atoms with van der Waals surface area (Å²) in [6, 6.07) is 8.99. The summed E-state index contributed by atoms with van der Waals surface area (Å²) in [6.45, 7) is 11.6. The smallest absolute Gasteiger partial charge is 0.338 e. The third-order valence-electron chi connectivity index (χ3n) is 1.41. The summed E-state index contributed by atoms with van der Waals surface area (Å²) in [6.07, 6.45) is 0. The molecule has 15 heavy (non-hydrogen) atoms. The molecule has 0 amide bonds. The summed E-state index contributed by atoms with van der Waals surface area (Å²) in [4.78, 5) is 11.4. The predicted octanol–water partition coefficient (Wildman–Crippen LogP) is 3.44. The third kappa shape index (κ3) is 5.68. The summed E-state index contributed by atoms with van der Waals surface area (Å²) in [5.74, 6) is -0.270. The van der Waals surface area contributed by atoms with Gasteiger partial charge in [0.1, 0.15) is 5.60 Å². The van der Waals surface area contributed by atoms with Gasteiger partial charge in [-0.15, -0.1) is 13.2 Å². The first kappa shape index (κ1) is 13.4. The highest BCUT2D eigenvalue weighted by molar-refractivity contribution is 5.89. The zero-order valence-corrected chi connectivity index (χ0v) is 9.62. The molecule has 0 atom stereocenters. The highest BCUT2D eigenvalue weighted by Crippen LogP contribution is 2.11. The van der Waals surface area contributed by atoms with Crippen molar-refractivity contribution >= 4 is 5.97 Å². The van der Waals surface area contributed by atoms with E-state index in [-0.39, 0.29) is 5.97 Å². The van der Waals surface area contributed by atoms with E-state index >= 15 is 0 Å². The predicted molar refractivity (Wildman–Crippen MR) is 62.9 cm³/mol. The highest BCUT2D eigenvalue weighted by Gasteiger charge is 2.16. The molecule has 0 bridgehead atoms. The largest absolute Gasteiger partial charge is 0.456 e. The quantitative estimate of drug-likeness (QED) is 0.519. The Balaban J connectivity index is 0.000000921. The van der Waals surface area contributed by atoms with Gasteiger partial charge < -0.3 is 4.74 Å². The van der Waals surface area contributed by atoms with Gasteiger partial charge in [0.15, 0.2) is 0 Å². The minimum absolute atomic E-state index is 0.270. The Morgan fingerprint density at radius 2 is 1.60 bits per heavy atom. The van der Waals surface area contributed by atoms with Crippen LogP contribution < -0.4 is 0 Å². The lowest BCUT2D eigenvalue weighted by Crippen LogP contribution is -2.23. The molecule has 0 spiro atoms. The molecule has 0 saturated carbocycles. The van der Waals surface area contributed by atoms with E-state index < -0.39 is 5.60 Å². The van der Waals surface area contributed by atoms with Crippen molar-refractivity contribution in [2.45, 2.75) is 26.4 Å². The molecule has 2 heteroatoms. The van der Waals surface area contributed by atoms with Gasteiger partial charge in [0.25, 0.3) is 0 Å². The molecule has 2 nitrogen and oxygen atoms in total. The summed E-state index contributed by atoms with van der Waals surface area (Å²) in [5, 5.41) is 0. The number of hydrogen-bond donors (Lipinski definition) is 0. The second-order valence-electron chi connectivity index (χ2n) is 3.87. The van der Waals surface area contributed by atoms with Gasteiger partial charge in [0.05, 0.1) is 5.56 Å². The fourth-order valence-corrected chi connectivity index (χ4v) is 0.911. The molecule has 0 N–H and O–H groups in total. The average Bonchev–Trinajstić information content (AvgIpc) is 2.20. The van der Waals surface area contributed by atoms with E-state index in [1.807, 2.05) is 39.0 Å². The van der Waals surface area contributed by atoms with Crippen molar-refractivity contribution in [1.29, 1.82) is 0 Å². The summed E-state index contributed by atoms with van der Waals surface area (Å²) >= 11 is 0. The van der Waals surface area contributed by atoms with Crippen LogP contribution in [0.3, 0.4) is 0 Å². The van der Waals surface area contributed by atoms with Gasteiger partial charge in [0, 0.05) is 0 Å². The monoisotopic (exact) mass is 206 g/mol. The number of ether oxygens (including phenoxy) is 1. The second kappa shape index (κ2) is 6.02. The Labute approximate surface area is 91.6 Å². The van der Waals surface area contributed by atoms with Gasteiger partial charge in [-0.05, 0) is 32.9 Å². The van der Waals surface area contributed by atoms with Crippen LogP contribution in [0.4, 0.5) is 0 Å². The van der Waals surface area contributed by atoms with E-state index in [0.29, 0.717) is 5.56 Å². The van der Waals surface area contributed by atoms with E-state index in [1.54, 1.807) is 12.1 Å². The van der Waals surface area contributed by atoms with Crippen molar-refractivity contribution in [3.8, 4) is 0 Å². The third-order valence-corrected chi connectivity index (χ3v) is 1.41. The molecule has 0 unspecified atom stereocenters. The lowest BCUT2D eigenvalue weighted by molar-refractivity contribution is 0.00696. The number of rotatable bonds is 1. The van der Waals surface area contributed by atoms with Crippen molar-refractivity contribution in [2.75, 3.05) is 0 Å². The number of esters is 1. The Hall–Kier alpha value is -1.57. The van der Waals surface area contributed by atoms with Crippen LogP contribution in [0.15, 0.2) is 43.5 Å². The van der Waals surface area contributed by atoms with Crippen molar-refractivity contribution < 1.29 is 9.53 Å². The van der Waals surface area contributed by atoms with Crippen LogP contribution in [0.5, 0.6) is 0 Å². The zero-order chi connectivity index (χ0) is 11.9. The number of hydrogen-bond acceptors (Lipinski definition) is 2. The number of benzene rings is 1. The molecule has 0 aromatic heterocycles. The number of carbonyl (C=O) groups excluding carboxylic acids is 1. The average molecular weight is 206 g/mol. The zero-order valence-electron chi connectivity index (χ0n) is 9.62. The first-order valence-corrected chi connectivity index (χ1v) is 4.77. The first-order valence-electron chi connectivity index (χ1n) is 4.77. The Kier molecular flexibility index (Phi) is 5.39. The molecule has 1 aromatic carbocycles. The lowest BCUT2D eigenvalue weighted by atomic mass is 10.2. The maximum absolute atomic E-state index is 11.4. The van der Waals surface area contributed by atoms with E-state index in [0.717, 1.165) is 0 Å². The van der Waals surface area contributed by atoms with Gasteiger partial charge in [-0.3, -0.25) is 0 Å². The van der Waals surface area contributed by atoms with Gasteiger partial charge >= 0.3 is 5.97 Å². The molecule has 1 aromatic rings. The Morgan fingerprint density at radius 3 is 2.00 bits per heavy atom. The fourth-order valence-electron chi connectivity index (χ4n) is 0.911. The van der Waals surface area contributed by atoms with Crippen molar-refractivity contribution in [3.05, 3.63) is 49.1 Å². The topological polar surface area (TPSA) is 26.3 Å². The van der Waals surface area contributed by atoms with E-state index in [1.165, 1.54) is 0 Å². The summed E-state index contributed by atoms with van der Waals surface area (Å²) < 4.78 is 5.18. The van der Waals surface area contributed by atoms with Gasteiger partial charge in [0.2, 0.25) is 0 Å². The molecule has 82 valence electrons. The van der Waals surface area contributed by atoms with Crippen LogP contribution in [0.2, 0.25) is 0 Å². The molecule has 0 aliphatic carbocycles. The van der Waals surface area contributed by atoms with E-state index in [4.69, 9.17) is 4.74 Å². The molecule has 0 heterocycles. The van der Waals surface area contributed by atoms with Crippen LogP contribution in [0.1, 0.15) is 31.1 Å². The number of carbonyl (C=O) groups is 1. The molecule has 0 aliphatic rings. The minimum Gasteiger partial charge on any atom is -0.456 e. The van der Waals surface area contributed by atoms with Gasteiger partial charge in [-0.25, -0.2) is 4.79 Å². The van der Waals surface area contributed by atoms with Crippen molar-refractivity contribution in [1.82, 2.24) is 0 Å². The van der Waals surface area contributed by atoms with Crippen LogP contribution >= 0.6 is 0 Å². The normalized spacial score (nSPS) is 9.80. The minimum atomic E-state index is -0.424. The molecular formula is C13H18O2. The fraction of sp³-hybridized carbons (Fsp3) is 0.308. The van der Waals surface area contributed by atoms with Crippen LogP contribution in [0, 0.1) is 0 Å². The maximum Gasteiger partial charge on any atom is 0.338 e. The second-order valence-corrected chi connectivity index (χ2v) is 3.87. The van der Waals surface area contributed by atoms with Gasteiger partial charge in [-0.2, -0.15) is 0 Å². The summed E-state index contributed by atoms with van der Waals surface area (Å²) in [7, 11) is 0.